The summed E-state index contributed by atoms with van der Waals surface area (Å²) in [5.74, 6) is 0.720. The van der Waals surface area contributed by atoms with Crippen molar-refractivity contribution in [2.45, 2.75) is 32.0 Å². The Morgan fingerprint density at radius 3 is 2.61 bits per heavy atom. The van der Waals surface area contributed by atoms with Crippen molar-refractivity contribution in [3.63, 3.8) is 0 Å². The van der Waals surface area contributed by atoms with Gasteiger partial charge in [-0.05, 0) is 31.0 Å². The fourth-order valence-corrected chi connectivity index (χ4v) is 3.02. The number of carbonyl (C=O) groups is 1. The Morgan fingerprint density at radius 2 is 2.00 bits per heavy atom. The molecule has 1 aliphatic heterocycles. The second-order valence-electron chi connectivity index (χ2n) is 6.90. The van der Waals surface area contributed by atoms with Crippen LogP contribution in [0, 0.1) is 0 Å². The van der Waals surface area contributed by atoms with Crippen LogP contribution in [-0.4, -0.2) is 36.7 Å². The number of aromatic nitrogens is 1. The van der Waals surface area contributed by atoms with E-state index in [9.17, 15) is 4.79 Å². The second-order valence-corrected chi connectivity index (χ2v) is 6.90. The molecule has 1 aromatic heterocycles. The van der Waals surface area contributed by atoms with E-state index in [1.54, 1.807) is 13.1 Å². The van der Waals surface area contributed by atoms with Gasteiger partial charge in [0.05, 0.1) is 12.7 Å². The van der Waals surface area contributed by atoms with Gasteiger partial charge in [0.1, 0.15) is 11.4 Å². The van der Waals surface area contributed by atoms with Crippen LogP contribution in [0.5, 0.6) is 0 Å². The average molecular weight is 427 g/mol. The van der Waals surface area contributed by atoms with Gasteiger partial charge in [-0.3, -0.25) is 4.79 Å². The van der Waals surface area contributed by atoms with E-state index in [2.05, 4.69) is 22.1 Å². The van der Waals surface area contributed by atoms with Crippen LogP contribution in [0.15, 0.2) is 48.7 Å². The molecule has 8 heteroatoms. The first kappa shape index (κ1) is 24.2. The Bertz CT molecular complexity index is 742. The summed E-state index contributed by atoms with van der Waals surface area (Å²) in [5.41, 5.74) is 6.89. The highest BCUT2D eigenvalue weighted by Gasteiger charge is 2.30. The highest BCUT2D eigenvalue weighted by molar-refractivity contribution is 5.87. The van der Waals surface area contributed by atoms with Crippen LogP contribution in [0.3, 0.4) is 0 Å². The summed E-state index contributed by atoms with van der Waals surface area (Å²) < 4.78 is 5.56. The molecule has 154 valence electrons. The minimum absolute atomic E-state index is 0. The van der Waals surface area contributed by atoms with E-state index >= 15 is 0 Å². The SMILES string of the molecule is CC1CN(c2ccc(CNC(=O)C(C)(N)c3ccccc3)cn2)CCO1.Cl.Cl. The van der Waals surface area contributed by atoms with Gasteiger partial charge < -0.3 is 20.7 Å². The number of nitrogens with one attached hydrogen (secondary N) is 1. The van der Waals surface area contributed by atoms with Gasteiger partial charge in [-0.15, -0.1) is 24.8 Å². The first-order valence-electron chi connectivity index (χ1n) is 8.91. The van der Waals surface area contributed by atoms with Gasteiger partial charge >= 0.3 is 0 Å². The lowest BCUT2D eigenvalue weighted by Gasteiger charge is -2.32. The molecule has 28 heavy (non-hydrogen) atoms. The molecule has 0 radical (unpaired) electrons. The standard InChI is InChI=1S/C20H26N4O2.2ClH/c1-15-14-24(10-11-26-15)18-9-8-16(12-22-18)13-23-19(25)20(2,21)17-6-4-3-5-7-17;;/h3-9,12,15H,10-11,13-14,21H2,1-2H3,(H,23,25);2*1H. The van der Waals surface area contributed by atoms with E-state index in [-0.39, 0.29) is 36.8 Å². The number of anilines is 1. The maximum atomic E-state index is 12.5. The molecule has 3 rings (SSSR count). The van der Waals surface area contributed by atoms with Crippen molar-refractivity contribution < 1.29 is 9.53 Å². The van der Waals surface area contributed by atoms with E-state index in [1.165, 1.54) is 0 Å². The predicted molar refractivity (Wildman–Crippen MR) is 116 cm³/mol. The Balaban J connectivity index is 0.00000196. The van der Waals surface area contributed by atoms with E-state index in [4.69, 9.17) is 10.5 Å². The molecule has 2 atom stereocenters. The molecule has 1 aliphatic rings. The van der Waals surface area contributed by atoms with E-state index in [0.29, 0.717) is 6.54 Å². The topological polar surface area (TPSA) is 80.5 Å². The lowest BCUT2D eigenvalue weighted by Crippen LogP contribution is -2.48. The van der Waals surface area contributed by atoms with Crippen molar-refractivity contribution in [3.8, 4) is 0 Å². The first-order chi connectivity index (χ1) is 12.5. The van der Waals surface area contributed by atoms with Gasteiger partial charge in [0.25, 0.3) is 0 Å². The fourth-order valence-electron chi connectivity index (χ4n) is 3.02. The van der Waals surface area contributed by atoms with Crippen molar-refractivity contribution in [3.05, 3.63) is 59.8 Å². The third kappa shape index (κ3) is 5.82. The lowest BCUT2D eigenvalue weighted by atomic mass is 9.92. The monoisotopic (exact) mass is 426 g/mol. The van der Waals surface area contributed by atoms with Crippen LogP contribution in [-0.2, 0) is 21.6 Å². The number of amides is 1. The third-order valence-corrected chi connectivity index (χ3v) is 4.67. The smallest absolute Gasteiger partial charge is 0.244 e. The Labute approximate surface area is 178 Å². The Kier molecular flexibility index (Phi) is 9.17. The number of morpholine rings is 1. The van der Waals surface area contributed by atoms with Crippen molar-refractivity contribution >= 4 is 36.5 Å². The zero-order valence-corrected chi connectivity index (χ0v) is 17.8. The molecule has 3 N–H and O–H groups in total. The third-order valence-electron chi connectivity index (χ3n) is 4.67. The minimum Gasteiger partial charge on any atom is -0.375 e. The van der Waals surface area contributed by atoms with Gasteiger partial charge in [-0.25, -0.2) is 4.98 Å². The molecule has 2 unspecified atom stereocenters. The molecule has 1 amide bonds. The number of carbonyl (C=O) groups excluding carboxylic acids is 1. The first-order valence-corrected chi connectivity index (χ1v) is 8.91. The van der Waals surface area contributed by atoms with Crippen LogP contribution >= 0.6 is 24.8 Å². The summed E-state index contributed by atoms with van der Waals surface area (Å²) in [6.45, 7) is 6.58. The van der Waals surface area contributed by atoms with Crippen molar-refractivity contribution in [1.82, 2.24) is 10.3 Å². The summed E-state index contributed by atoms with van der Waals surface area (Å²) in [4.78, 5) is 19.2. The highest BCUT2D eigenvalue weighted by Crippen LogP contribution is 2.18. The highest BCUT2D eigenvalue weighted by atomic mass is 35.5. The molecule has 2 heterocycles. The number of rotatable bonds is 5. The summed E-state index contributed by atoms with van der Waals surface area (Å²) in [7, 11) is 0. The largest absolute Gasteiger partial charge is 0.375 e. The number of benzene rings is 1. The molecule has 1 saturated heterocycles. The van der Waals surface area contributed by atoms with Crippen LogP contribution in [0.2, 0.25) is 0 Å². The predicted octanol–water partition coefficient (Wildman–Crippen LogP) is 2.64. The number of nitrogens with zero attached hydrogens (tertiary/aromatic N) is 2. The molecule has 0 bridgehead atoms. The molecular formula is C20H28Cl2N4O2. The van der Waals surface area contributed by atoms with Crippen LogP contribution in [0.4, 0.5) is 5.82 Å². The average Bonchev–Trinajstić information content (AvgIpc) is 2.67. The minimum atomic E-state index is -1.07. The van der Waals surface area contributed by atoms with E-state index in [0.717, 1.165) is 36.6 Å². The van der Waals surface area contributed by atoms with Crippen LogP contribution < -0.4 is 16.0 Å². The summed E-state index contributed by atoms with van der Waals surface area (Å²) in [5, 5.41) is 2.91. The number of nitrogens with two attached hydrogens (primary N) is 1. The normalized spacial score (nSPS) is 18.2. The van der Waals surface area contributed by atoms with Gasteiger partial charge in [-0.2, -0.15) is 0 Å². The number of hydrogen-bond donors (Lipinski definition) is 2. The zero-order chi connectivity index (χ0) is 18.6. The molecule has 6 nitrogen and oxygen atoms in total. The number of hydrogen-bond acceptors (Lipinski definition) is 5. The van der Waals surface area contributed by atoms with E-state index < -0.39 is 5.54 Å². The maximum Gasteiger partial charge on any atom is 0.244 e. The van der Waals surface area contributed by atoms with Crippen LogP contribution in [0.1, 0.15) is 25.0 Å². The number of pyridine rings is 1. The molecule has 2 aromatic rings. The fraction of sp³-hybridized carbons (Fsp3) is 0.400. The number of ether oxygens (including phenoxy) is 1. The van der Waals surface area contributed by atoms with Crippen molar-refractivity contribution in [2.24, 2.45) is 5.73 Å². The Morgan fingerprint density at radius 1 is 1.29 bits per heavy atom. The second kappa shape index (κ2) is 10.6. The maximum absolute atomic E-state index is 12.5. The van der Waals surface area contributed by atoms with Gasteiger partial charge in [0.2, 0.25) is 5.91 Å². The molecular weight excluding hydrogens is 399 g/mol. The molecule has 0 saturated carbocycles. The van der Waals surface area contributed by atoms with Gasteiger partial charge in [0.15, 0.2) is 0 Å². The summed E-state index contributed by atoms with van der Waals surface area (Å²) in [6, 6.07) is 13.3. The van der Waals surface area contributed by atoms with Gasteiger partial charge in [0, 0.05) is 25.8 Å². The lowest BCUT2D eigenvalue weighted by molar-refractivity contribution is -0.126. The van der Waals surface area contributed by atoms with Crippen molar-refractivity contribution in [2.75, 3.05) is 24.6 Å². The van der Waals surface area contributed by atoms with E-state index in [1.807, 2.05) is 42.5 Å². The van der Waals surface area contributed by atoms with Crippen molar-refractivity contribution in [1.29, 1.82) is 0 Å². The summed E-state index contributed by atoms with van der Waals surface area (Å²) in [6.07, 6.45) is 2.01. The van der Waals surface area contributed by atoms with Crippen LogP contribution in [0.25, 0.3) is 0 Å². The number of halogens is 2. The quantitative estimate of drug-likeness (QED) is 0.767. The molecule has 1 fully saturated rings. The molecule has 0 spiro atoms. The molecule has 0 aliphatic carbocycles. The Hall–Kier alpha value is -1.86. The molecule has 1 aromatic carbocycles. The zero-order valence-electron chi connectivity index (χ0n) is 16.1. The summed E-state index contributed by atoms with van der Waals surface area (Å²) >= 11 is 0. The van der Waals surface area contributed by atoms with Gasteiger partial charge in [-0.1, -0.05) is 36.4 Å².